The summed E-state index contributed by atoms with van der Waals surface area (Å²) in [6.07, 6.45) is 3.56. The van der Waals surface area contributed by atoms with E-state index in [4.69, 9.17) is 21.1 Å². The molecular weight excluding hydrogens is 462 g/mol. The summed E-state index contributed by atoms with van der Waals surface area (Å²) in [5, 5.41) is 5.27. The van der Waals surface area contributed by atoms with E-state index in [1.807, 2.05) is 23.2 Å². The zero-order valence-corrected chi connectivity index (χ0v) is 21.7. The molecule has 0 saturated carbocycles. The smallest absolute Gasteiger partial charge is 0.227 e. The molecule has 1 aliphatic heterocycles. The second kappa shape index (κ2) is 11.8. The number of rotatable bonds is 10. The van der Waals surface area contributed by atoms with Gasteiger partial charge < -0.3 is 24.7 Å². The van der Waals surface area contributed by atoms with Gasteiger partial charge in [0.25, 0.3) is 0 Å². The topological polar surface area (TPSA) is 66.6 Å². The lowest BCUT2D eigenvalue weighted by Gasteiger charge is -2.29. The van der Waals surface area contributed by atoms with E-state index in [0.717, 1.165) is 30.5 Å². The standard InChI is InChI=1S/C28H36ClN3O3/c1-4-21(15-30-16-22-7-5-8-25-23(22)9-10-31-25)28(33)32(17-19(2)3)18-20-13-24(29)27-26(14-20)34-11-6-12-35-27/h5,7-10,13-14,19,21,30-31H,4,6,11-12,15-18H2,1-3H3/t21-/m1/s1. The van der Waals surface area contributed by atoms with E-state index < -0.39 is 0 Å². The van der Waals surface area contributed by atoms with E-state index in [2.05, 4.69) is 55.3 Å². The number of aromatic nitrogens is 1. The second-order valence-electron chi connectivity index (χ2n) is 9.66. The maximum absolute atomic E-state index is 13.6. The lowest BCUT2D eigenvalue weighted by atomic mass is 10.0. The summed E-state index contributed by atoms with van der Waals surface area (Å²) in [5.41, 5.74) is 3.31. The molecule has 0 radical (unpaired) electrons. The Balaban J connectivity index is 1.44. The summed E-state index contributed by atoms with van der Waals surface area (Å²) in [7, 11) is 0. The Bertz CT molecular complexity index is 1140. The first-order valence-electron chi connectivity index (χ1n) is 12.6. The summed E-state index contributed by atoms with van der Waals surface area (Å²) in [6, 6.07) is 12.2. The number of aromatic amines is 1. The fourth-order valence-corrected chi connectivity index (χ4v) is 4.91. The molecule has 1 amide bonds. The van der Waals surface area contributed by atoms with E-state index in [0.29, 0.717) is 55.3 Å². The van der Waals surface area contributed by atoms with E-state index in [-0.39, 0.29) is 11.8 Å². The molecule has 0 saturated heterocycles. The predicted molar refractivity (Wildman–Crippen MR) is 141 cm³/mol. The second-order valence-corrected chi connectivity index (χ2v) is 10.1. The van der Waals surface area contributed by atoms with Gasteiger partial charge in [0.1, 0.15) is 0 Å². The van der Waals surface area contributed by atoms with Crippen molar-refractivity contribution >= 4 is 28.4 Å². The largest absolute Gasteiger partial charge is 0.489 e. The SMILES string of the molecule is CC[C@H](CNCc1cccc2[nH]ccc12)C(=O)N(Cc1cc(Cl)c2c(c1)OCCCO2)CC(C)C. The molecule has 6 nitrogen and oxygen atoms in total. The number of nitrogens with one attached hydrogen (secondary N) is 2. The number of fused-ring (bicyclic) bond motifs is 2. The highest BCUT2D eigenvalue weighted by Crippen LogP contribution is 2.38. The number of amides is 1. The van der Waals surface area contributed by atoms with Crippen molar-refractivity contribution in [1.82, 2.24) is 15.2 Å². The first kappa shape index (κ1) is 25.4. The molecule has 1 atom stereocenters. The van der Waals surface area contributed by atoms with Gasteiger partial charge in [-0.3, -0.25) is 4.79 Å². The number of carbonyl (C=O) groups excluding carboxylic acids is 1. The van der Waals surface area contributed by atoms with Crippen LogP contribution in [0.15, 0.2) is 42.6 Å². The van der Waals surface area contributed by atoms with Crippen molar-refractivity contribution in [3.8, 4) is 11.5 Å². The molecule has 2 N–H and O–H groups in total. The number of H-pyrrole nitrogens is 1. The molecular formula is C28H36ClN3O3. The van der Waals surface area contributed by atoms with E-state index >= 15 is 0 Å². The lowest BCUT2D eigenvalue weighted by molar-refractivity contribution is -0.136. The van der Waals surface area contributed by atoms with E-state index in [1.54, 1.807) is 0 Å². The van der Waals surface area contributed by atoms with Crippen molar-refractivity contribution in [2.75, 3.05) is 26.3 Å². The minimum atomic E-state index is -0.102. The monoisotopic (exact) mass is 497 g/mol. The summed E-state index contributed by atoms with van der Waals surface area (Å²) in [5.74, 6) is 1.68. The van der Waals surface area contributed by atoms with Gasteiger partial charge in [0.15, 0.2) is 11.5 Å². The fraction of sp³-hybridized carbons (Fsp3) is 0.464. The zero-order chi connectivity index (χ0) is 24.8. The molecule has 4 rings (SSSR count). The van der Waals surface area contributed by atoms with Crippen molar-refractivity contribution in [1.29, 1.82) is 0 Å². The van der Waals surface area contributed by atoms with Gasteiger partial charge in [0, 0.05) is 49.7 Å². The number of halogens is 1. The molecule has 0 bridgehead atoms. The van der Waals surface area contributed by atoms with Crippen LogP contribution < -0.4 is 14.8 Å². The molecule has 0 fully saturated rings. The van der Waals surface area contributed by atoms with Crippen LogP contribution in [0.4, 0.5) is 0 Å². The Labute approximate surface area is 212 Å². The Hall–Kier alpha value is -2.70. The number of benzene rings is 2. The van der Waals surface area contributed by atoms with Crippen LogP contribution in [0.1, 0.15) is 44.7 Å². The molecule has 0 unspecified atom stereocenters. The molecule has 188 valence electrons. The first-order valence-corrected chi connectivity index (χ1v) is 13.0. The normalized spacial score (nSPS) is 14.2. The number of nitrogens with zero attached hydrogens (tertiary/aromatic N) is 1. The summed E-state index contributed by atoms with van der Waals surface area (Å²) in [4.78, 5) is 18.9. The lowest BCUT2D eigenvalue weighted by Crippen LogP contribution is -2.41. The number of hydrogen-bond donors (Lipinski definition) is 2. The summed E-state index contributed by atoms with van der Waals surface area (Å²) >= 11 is 6.52. The summed E-state index contributed by atoms with van der Waals surface area (Å²) in [6.45, 7) is 10.1. The van der Waals surface area contributed by atoms with E-state index in [9.17, 15) is 4.79 Å². The van der Waals surface area contributed by atoms with Gasteiger partial charge in [0.2, 0.25) is 5.91 Å². The van der Waals surface area contributed by atoms with Crippen LogP contribution in [0, 0.1) is 11.8 Å². The predicted octanol–water partition coefficient (Wildman–Crippen LogP) is 5.78. The molecule has 0 aliphatic carbocycles. The maximum atomic E-state index is 13.6. The molecule has 7 heteroatoms. The van der Waals surface area contributed by atoms with Crippen LogP contribution in [-0.2, 0) is 17.9 Å². The molecule has 2 aromatic carbocycles. The Morgan fingerprint density at radius 3 is 2.83 bits per heavy atom. The van der Waals surface area contributed by atoms with Gasteiger partial charge in [-0.2, -0.15) is 0 Å². The Morgan fingerprint density at radius 1 is 1.20 bits per heavy atom. The van der Waals surface area contributed by atoms with Crippen LogP contribution in [0.25, 0.3) is 10.9 Å². The minimum Gasteiger partial charge on any atom is -0.489 e. The van der Waals surface area contributed by atoms with Gasteiger partial charge in [-0.15, -0.1) is 0 Å². The highest BCUT2D eigenvalue weighted by molar-refractivity contribution is 6.32. The van der Waals surface area contributed by atoms with Gasteiger partial charge in [-0.05, 0) is 47.7 Å². The van der Waals surface area contributed by atoms with Crippen molar-refractivity contribution in [3.05, 3.63) is 58.7 Å². The molecule has 3 aromatic rings. The molecule has 35 heavy (non-hydrogen) atoms. The highest BCUT2D eigenvalue weighted by Gasteiger charge is 2.25. The highest BCUT2D eigenvalue weighted by atomic mass is 35.5. The number of ether oxygens (including phenoxy) is 2. The van der Waals surface area contributed by atoms with Crippen LogP contribution in [0.2, 0.25) is 5.02 Å². The van der Waals surface area contributed by atoms with Crippen molar-refractivity contribution in [2.45, 2.75) is 46.7 Å². The van der Waals surface area contributed by atoms with Crippen molar-refractivity contribution < 1.29 is 14.3 Å². The van der Waals surface area contributed by atoms with Crippen molar-refractivity contribution in [2.24, 2.45) is 11.8 Å². The third-order valence-electron chi connectivity index (χ3n) is 6.37. The van der Waals surface area contributed by atoms with Crippen molar-refractivity contribution in [3.63, 3.8) is 0 Å². The molecule has 0 spiro atoms. The van der Waals surface area contributed by atoms with Gasteiger partial charge in [-0.25, -0.2) is 0 Å². The third kappa shape index (κ3) is 6.30. The number of hydrogen-bond acceptors (Lipinski definition) is 4. The average Bonchev–Trinajstić information content (AvgIpc) is 3.19. The number of carbonyl (C=O) groups is 1. The van der Waals surface area contributed by atoms with Gasteiger partial charge in [-0.1, -0.05) is 44.5 Å². The molecule has 2 heterocycles. The maximum Gasteiger partial charge on any atom is 0.227 e. The van der Waals surface area contributed by atoms with Crippen LogP contribution in [-0.4, -0.2) is 42.1 Å². The minimum absolute atomic E-state index is 0.102. The summed E-state index contributed by atoms with van der Waals surface area (Å²) < 4.78 is 11.6. The quantitative estimate of drug-likeness (QED) is 0.372. The zero-order valence-electron chi connectivity index (χ0n) is 20.9. The Morgan fingerprint density at radius 2 is 2.03 bits per heavy atom. The van der Waals surface area contributed by atoms with Gasteiger partial charge >= 0.3 is 0 Å². The molecule has 1 aromatic heterocycles. The fourth-order valence-electron chi connectivity index (χ4n) is 4.62. The average molecular weight is 498 g/mol. The van der Waals surface area contributed by atoms with Gasteiger partial charge in [0.05, 0.1) is 24.2 Å². The molecule has 1 aliphatic rings. The van der Waals surface area contributed by atoms with Crippen LogP contribution in [0.3, 0.4) is 0 Å². The first-order chi connectivity index (χ1) is 17.0. The van der Waals surface area contributed by atoms with E-state index in [1.165, 1.54) is 10.9 Å². The Kier molecular flexibility index (Phi) is 8.58. The van der Waals surface area contributed by atoms with Crippen LogP contribution in [0.5, 0.6) is 11.5 Å². The third-order valence-corrected chi connectivity index (χ3v) is 6.65. The van der Waals surface area contributed by atoms with Crippen LogP contribution >= 0.6 is 11.6 Å².